The standard InChI is InChI=1S/C34H40N8O4.C32H38N8O3.Li.H2O/c1-20-27-15-30(37-42(27)12-9-38(20)5)36-26-13-23(18-39(6)32(26)44)24-7-8-35-31(25(24)19-46-21(2)43)41-11-10-40-28(33(41)45)14-22-16-34(3,4)17-29(22)40;1-19-25-14-28(35-40(25)11-8-36(19)4)34-24-12-21(17-37(5)30(24)42)22-6-7-33-29(23(22)18-41)39-10-9-38-26(31(39)43)13-20-15-32(2,3)16-27(20)38;;/h7-8,13-15,18,20H,9-12,16-17,19H2,1-6H3,(H,36,37);6-7,12-14,17,19,41H,8-11,15-16,18H2,1-5H3,(H,34,35);;1H2/q;;+1;/p-1. The minimum atomic E-state index is -0.440. The molecule has 0 spiro atoms. The molecule has 25 heteroatoms. The molecule has 0 aromatic carbocycles. The van der Waals surface area contributed by atoms with Crippen LogP contribution >= 0.6 is 0 Å². The number of fused-ring (bicyclic) bond motifs is 8. The summed E-state index contributed by atoms with van der Waals surface area (Å²) < 4.78 is 16.9. The van der Waals surface area contributed by atoms with Gasteiger partial charge in [0.15, 0.2) is 11.6 Å². The average Bonchev–Trinajstić information content (AvgIpc) is 1.65. The average molecular weight is 1230 g/mol. The number of aryl methyl sites for hydroxylation is 2. The van der Waals surface area contributed by atoms with Crippen LogP contribution in [0.5, 0.6) is 0 Å². The normalized spacial score (nSPS) is 18.6. The van der Waals surface area contributed by atoms with E-state index in [-0.39, 0.29) is 83.4 Å². The molecule has 14 rings (SSSR count). The van der Waals surface area contributed by atoms with Crippen LogP contribution in [0.15, 0.2) is 82.9 Å². The second-order valence-electron chi connectivity index (χ2n) is 26.6. The van der Waals surface area contributed by atoms with Crippen LogP contribution in [0, 0.1) is 10.8 Å². The molecule has 2 amide bonds. The van der Waals surface area contributed by atoms with E-state index >= 15 is 0 Å². The fraction of sp³-hybridized carbons (Fsp3) is 0.439. The van der Waals surface area contributed by atoms with Crippen molar-refractivity contribution >= 4 is 52.4 Å². The van der Waals surface area contributed by atoms with Gasteiger partial charge in [0.1, 0.15) is 41.0 Å². The van der Waals surface area contributed by atoms with Crippen molar-refractivity contribution in [2.75, 3.05) is 60.7 Å². The zero-order valence-electron chi connectivity index (χ0n) is 54.1. The quantitative estimate of drug-likeness (QED) is 0.120. The van der Waals surface area contributed by atoms with E-state index in [0.717, 1.165) is 68.8 Å². The molecular formula is C66H79LiN16O8. The third-order valence-corrected chi connectivity index (χ3v) is 19.0. The van der Waals surface area contributed by atoms with Gasteiger partial charge in [-0.3, -0.25) is 52.9 Å². The number of carbonyl (C=O) groups excluding carboxylic acids is 3. The van der Waals surface area contributed by atoms with Gasteiger partial charge in [-0.1, -0.05) is 27.7 Å². The predicted octanol–water partition coefficient (Wildman–Crippen LogP) is 4.34. The molecule has 4 N–H and O–H groups in total. The number of aliphatic hydroxyl groups excluding tert-OH is 1. The summed E-state index contributed by atoms with van der Waals surface area (Å²) in [6, 6.07) is 15.7. The number of anilines is 6. The number of amides is 2. The topological polar surface area (TPSA) is 263 Å². The molecule has 2 aliphatic carbocycles. The molecule has 8 aromatic heterocycles. The van der Waals surface area contributed by atoms with Crippen LogP contribution in [0.4, 0.5) is 34.6 Å². The van der Waals surface area contributed by atoms with Gasteiger partial charge in [-0.15, -0.1) is 0 Å². The second kappa shape index (κ2) is 24.3. The molecular weight excluding hydrogens is 1150 g/mol. The Labute approximate surface area is 539 Å². The van der Waals surface area contributed by atoms with Crippen molar-refractivity contribution in [1.82, 2.24) is 57.6 Å². The smallest absolute Gasteiger partial charge is 0.870 e. The Balaban J connectivity index is 0.000000183. The first kappa shape index (κ1) is 64.2. The Morgan fingerprint density at radius 1 is 0.604 bits per heavy atom. The van der Waals surface area contributed by atoms with Gasteiger partial charge in [0, 0.05) is 143 Å². The molecule has 4 aliphatic heterocycles. The van der Waals surface area contributed by atoms with Gasteiger partial charge in [-0.05, 0) is 123 Å². The van der Waals surface area contributed by atoms with Gasteiger partial charge in [0.25, 0.3) is 22.9 Å². The summed E-state index contributed by atoms with van der Waals surface area (Å²) >= 11 is 0. The summed E-state index contributed by atoms with van der Waals surface area (Å²) in [5, 5.41) is 26.5. The van der Waals surface area contributed by atoms with E-state index in [4.69, 9.17) is 14.9 Å². The minimum absolute atomic E-state index is 0. The molecule has 2 atom stereocenters. The number of carbonyl (C=O) groups is 3. The molecule has 12 heterocycles. The number of nitrogens with zero attached hydrogens (tertiary/aromatic N) is 14. The third kappa shape index (κ3) is 11.7. The molecule has 0 fully saturated rings. The molecule has 0 radical (unpaired) electrons. The number of nitrogens with one attached hydrogen (secondary N) is 2. The number of ether oxygens (including phenoxy) is 1. The second-order valence-corrected chi connectivity index (χ2v) is 26.6. The van der Waals surface area contributed by atoms with E-state index in [9.17, 15) is 29.1 Å². The van der Waals surface area contributed by atoms with Crippen LogP contribution in [-0.4, -0.2) is 126 Å². The SMILES string of the molecule is CC(=O)OCc1c(-c2cc(Nc3cc4n(n3)CCN(C)C4C)c(=O)n(C)c2)ccnc1N1CCn2c(cc3c2CC(C)(C)C3)C1=O.CC1c2cc(Nc3cc(-c4ccnc(N5CCn6c(cc7c6CC(C)(C)C7)C5=O)c4CO)cn(C)c3=O)nn2CCN1C.[Li+].[OH-]. The Morgan fingerprint density at radius 2 is 1.03 bits per heavy atom. The molecule has 472 valence electrons. The molecule has 8 aromatic rings. The van der Waals surface area contributed by atoms with E-state index < -0.39 is 5.97 Å². The van der Waals surface area contributed by atoms with E-state index in [1.807, 2.05) is 45.8 Å². The first-order chi connectivity index (χ1) is 42.4. The fourth-order valence-corrected chi connectivity index (χ4v) is 14.2. The largest absolute Gasteiger partial charge is 1.00 e. The zero-order chi connectivity index (χ0) is 62.7. The van der Waals surface area contributed by atoms with Crippen LogP contribution in [0.3, 0.4) is 0 Å². The summed E-state index contributed by atoms with van der Waals surface area (Å²) in [6.07, 6.45) is 10.6. The summed E-state index contributed by atoms with van der Waals surface area (Å²) in [7, 11) is 7.58. The molecule has 0 saturated heterocycles. The summed E-state index contributed by atoms with van der Waals surface area (Å²) in [5.74, 6) is 1.43. The first-order valence-electron chi connectivity index (χ1n) is 30.7. The number of likely N-dealkylation sites (N-methyl/N-ethyl adjacent to an activating group) is 2. The van der Waals surface area contributed by atoms with Crippen molar-refractivity contribution in [3.63, 3.8) is 0 Å². The molecule has 24 nitrogen and oxygen atoms in total. The number of aromatic nitrogens is 10. The number of hydrogen-bond donors (Lipinski definition) is 3. The van der Waals surface area contributed by atoms with Crippen LogP contribution in [0.2, 0.25) is 0 Å². The van der Waals surface area contributed by atoms with Gasteiger partial charge in [0.05, 0.1) is 31.1 Å². The maximum absolute atomic E-state index is 14.0. The summed E-state index contributed by atoms with van der Waals surface area (Å²) in [5.41, 5.74) is 13.3. The number of aliphatic hydroxyl groups is 1. The molecule has 0 bridgehead atoms. The Hall–Kier alpha value is -8.37. The maximum Gasteiger partial charge on any atom is 1.00 e. The first-order valence-corrected chi connectivity index (χ1v) is 30.7. The van der Waals surface area contributed by atoms with Crippen molar-refractivity contribution in [2.24, 2.45) is 24.9 Å². The molecule has 6 aliphatic rings. The molecule has 91 heavy (non-hydrogen) atoms. The van der Waals surface area contributed by atoms with Crippen molar-refractivity contribution in [3.05, 3.63) is 150 Å². The Kier molecular flexibility index (Phi) is 17.2. The van der Waals surface area contributed by atoms with Gasteiger partial charge < -0.3 is 44.2 Å². The molecule has 0 saturated carbocycles. The van der Waals surface area contributed by atoms with Gasteiger partial charge in [-0.2, -0.15) is 10.2 Å². The number of rotatable bonds is 11. The summed E-state index contributed by atoms with van der Waals surface area (Å²) in [4.78, 5) is 83.4. The van der Waals surface area contributed by atoms with Crippen LogP contribution in [-0.2, 0) is 88.7 Å². The molecule has 2 unspecified atom stereocenters. The van der Waals surface area contributed by atoms with Gasteiger partial charge in [-0.25, -0.2) is 9.97 Å². The monoisotopic (exact) mass is 1230 g/mol. The van der Waals surface area contributed by atoms with E-state index in [2.05, 4.69) is 95.2 Å². The van der Waals surface area contributed by atoms with E-state index in [0.29, 0.717) is 100 Å². The van der Waals surface area contributed by atoms with Crippen LogP contribution < -0.4 is 50.4 Å². The summed E-state index contributed by atoms with van der Waals surface area (Å²) in [6.45, 7) is 19.9. The number of pyridine rings is 4. The van der Waals surface area contributed by atoms with Crippen molar-refractivity contribution < 1.29 is 48.6 Å². The Bertz CT molecular complexity index is 4340. The maximum atomic E-state index is 14.0. The number of esters is 1. The van der Waals surface area contributed by atoms with Gasteiger partial charge in [0.2, 0.25) is 0 Å². The van der Waals surface area contributed by atoms with Crippen LogP contribution in [0.25, 0.3) is 22.3 Å². The number of hydrogen-bond acceptors (Lipinski definition) is 16. The van der Waals surface area contributed by atoms with E-state index in [1.165, 1.54) is 38.6 Å². The van der Waals surface area contributed by atoms with Gasteiger partial charge >= 0.3 is 24.8 Å². The van der Waals surface area contributed by atoms with Crippen molar-refractivity contribution in [1.29, 1.82) is 0 Å². The zero-order valence-corrected chi connectivity index (χ0v) is 54.1. The minimum Gasteiger partial charge on any atom is -0.870 e. The predicted molar refractivity (Wildman–Crippen MR) is 341 cm³/mol. The van der Waals surface area contributed by atoms with E-state index in [1.54, 1.807) is 60.8 Å². The fourth-order valence-electron chi connectivity index (χ4n) is 14.2. The third-order valence-electron chi connectivity index (χ3n) is 19.0. The van der Waals surface area contributed by atoms with Crippen molar-refractivity contribution in [2.45, 2.75) is 126 Å². The van der Waals surface area contributed by atoms with Crippen LogP contribution in [0.1, 0.15) is 127 Å². The van der Waals surface area contributed by atoms with Crippen molar-refractivity contribution in [3.8, 4) is 22.3 Å². The Morgan fingerprint density at radius 3 is 1.46 bits per heavy atom.